The lowest BCUT2D eigenvalue weighted by Crippen LogP contribution is -2.51. The molecule has 1 atom stereocenters. The van der Waals surface area contributed by atoms with Crippen LogP contribution in [0.5, 0.6) is 0 Å². The van der Waals surface area contributed by atoms with Crippen molar-refractivity contribution in [3.05, 3.63) is 52.4 Å². The van der Waals surface area contributed by atoms with Crippen LogP contribution < -0.4 is 0 Å². The number of fused-ring (bicyclic) bond motifs is 1. The molecule has 4 rings (SSSR count). The van der Waals surface area contributed by atoms with Crippen LogP contribution in [-0.4, -0.2) is 68.2 Å². The van der Waals surface area contributed by atoms with Crippen molar-refractivity contribution >= 4 is 27.3 Å². The predicted octanol–water partition coefficient (Wildman–Crippen LogP) is 2.90. The van der Waals surface area contributed by atoms with Crippen LogP contribution in [0.25, 0.3) is 0 Å². The summed E-state index contributed by atoms with van der Waals surface area (Å²) in [5.74, 6) is 0.0990. The average Bonchev–Trinajstić information content (AvgIpc) is 3.20. The fourth-order valence-electron chi connectivity index (χ4n) is 4.41. The zero-order valence-electron chi connectivity index (χ0n) is 17.6. The van der Waals surface area contributed by atoms with E-state index >= 15 is 0 Å². The molecule has 1 aromatic heterocycles. The quantitative estimate of drug-likeness (QED) is 0.707. The Morgan fingerprint density at radius 1 is 1.13 bits per heavy atom. The van der Waals surface area contributed by atoms with Crippen LogP contribution in [0.2, 0.25) is 0 Å². The first-order valence-corrected chi connectivity index (χ1v) is 12.7. The number of likely N-dealkylation sites (N-methyl/N-ethyl adjacent to an activating group) is 1. The molecular weight excluding hydrogens is 418 g/mol. The molecule has 2 heterocycles. The van der Waals surface area contributed by atoms with Crippen LogP contribution in [0.4, 0.5) is 0 Å². The summed E-state index contributed by atoms with van der Waals surface area (Å²) >= 11 is 1.31. The van der Waals surface area contributed by atoms with E-state index in [1.807, 2.05) is 31.0 Å². The second-order valence-corrected chi connectivity index (χ2v) is 11.6. The van der Waals surface area contributed by atoms with E-state index in [2.05, 4.69) is 23.1 Å². The van der Waals surface area contributed by atoms with Gasteiger partial charge in [0, 0.05) is 38.1 Å². The summed E-state index contributed by atoms with van der Waals surface area (Å²) in [5, 5.41) is 0. The number of carbonyl (C=O) groups excluding carboxylic acids is 1. The van der Waals surface area contributed by atoms with E-state index in [0.29, 0.717) is 36.9 Å². The normalized spacial score (nSPS) is 20.7. The smallest absolute Gasteiger partial charge is 0.252 e. The second kappa shape index (κ2) is 8.78. The third kappa shape index (κ3) is 4.32. The number of benzene rings is 1. The minimum Gasteiger partial charge on any atom is -0.338 e. The molecule has 1 amide bonds. The van der Waals surface area contributed by atoms with Crippen molar-refractivity contribution in [3.8, 4) is 0 Å². The zero-order chi connectivity index (χ0) is 21.3. The second-order valence-electron chi connectivity index (χ2n) is 8.16. The number of amides is 1. The van der Waals surface area contributed by atoms with E-state index in [-0.39, 0.29) is 11.9 Å². The Morgan fingerprint density at radius 3 is 2.57 bits per heavy atom. The molecule has 0 bridgehead atoms. The lowest BCUT2D eigenvalue weighted by Gasteiger charge is -2.37. The van der Waals surface area contributed by atoms with Crippen molar-refractivity contribution in [2.24, 2.45) is 0 Å². The molecule has 0 N–H and O–H groups in total. The van der Waals surface area contributed by atoms with Crippen molar-refractivity contribution < 1.29 is 13.2 Å². The number of rotatable bonds is 5. The van der Waals surface area contributed by atoms with Gasteiger partial charge in [-0.05, 0) is 49.4 Å². The molecule has 1 aliphatic carbocycles. The Balaban J connectivity index is 1.35. The number of hydrogen-bond donors (Lipinski definition) is 0. The van der Waals surface area contributed by atoms with Crippen LogP contribution in [-0.2, 0) is 21.2 Å². The highest BCUT2D eigenvalue weighted by atomic mass is 32.2. The highest BCUT2D eigenvalue weighted by Gasteiger charge is 2.32. The predicted molar refractivity (Wildman–Crippen MR) is 119 cm³/mol. The lowest BCUT2D eigenvalue weighted by atomic mass is 9.87. The standard InChI is InChI=1S/C22H29N3O3S2/c1-17-10-11-22(29-17)30(27,28)25-14-12-24(13-15-25)16-21(26)23(2)20-9-5-7-18-6-3-4-8-19(18)20/h3-4,6,8,10-11,20H,5,7,9,12-16H2,1-2H3. The topological polar surface area (TPSA) is 60.9 Å². The van der Waals surface area contributed by atoms with Gasteiger partial charge in [-0.25, -0.2) is 8.42 Å². The molecule has 1 unspecified atom stereocenters. The van der Waals surface area contributed by atoms with Crippen molar-refractivity contribution in [2.75, 3.05) is 39.8 Å². The first-order valence-electron chi connectivity index (χ1n) is 10.5. The zero-order valence-corrected chi connectivity index (χ0v) is 19.2. The molecule has 0 spiro atoms. The molecular formula is C22H29N3O3S2. The molecule has 1 saturated heterocycles. The number of nitrogens with zero attached hydrogens (tertiary/aromatic N) is 3. The molecule has 30 heavy (non-hydrogen) atoms. The van der Waals surface area contributed by atoms with E-state index in [1.54, 1.807) is 10.4 Å². The van der Waals surface area contributed by atoms with Gasteiger partial charge in [0.15, 0.2) is 0 Å². The molecule has 1 aliphatic heterocycles. The van der Waals surface area contributed by atoms with Gasteiger partial charge in [-0.3, -0.25) is 9.69 Å². The molecule has 1 aromatic carbocycles. The van der Waals surface area contributed by atoms with E-state index in [9.17, 15) is 13.2 Å². The van der Waals surface area contributed by atoms with E-state index < -0.39 is 10.0 Å². The van der Waals surface area contributed by atoms with Crippen LogP contribution in [0.1, 0.15) is 34.9 Å². The summed E-state index contributed by atoms with van der Waals surface area (Å²) in [6, 6.07) is 12.1. The Labute approximate surface area is 183 Å². The fourth-order valence-corrected chi connectivity index (χ4v) is 7.27. The van der Waals surface area contributed by atoms with Crippen LogP contribution >= 0.6 is 11.3 Å². The molecule has 8 heteroatoms. The fraction of sp³-hybridized carbons (Fsp3) is 0.500. The van der Waals surface area contributed by atoms with Gasteiger partial charge in [0.2, 0.25) is 5.91 Å². The van der Waals surface area contributed by atoms with Crippen molar-refractivity contribution in [2.45, 2.75) is 36.4 Å². The largest absolute Gasteiger partial charge is 0.338 e. The average molecular weight is 448 g/mol. The summed E-state index contributed by atoms with van der Waals surface area (Å²) in [6.45, 7) is 4.23. The number of hydrogen-bond acceptors (Lipinski definition) is 5. The van der Waals surface area contributed by atoms with Gasteiger partial charge in [-0.15, -0.1) is 11.3 Å². The minimum atomic E-state index is -3.43. The molecule has 2 aromatic rings. The molecule has 1 fully saturated rings. The number of thiophene rings is 1. The summed E-state index contributed by atoms with van der Waals surface area (Å²) < 4.78 is 27.6. The summed E-state index contributed by atoms with van der Waals surface area (Å²) in [6.07, 6.45) is 3.17. The van der Waals surface area contributed by atoms with Crippen LogP contribution in [0.15, 0.2) is 40.6 Å². The maximum absolute atomic E-state index is 13.0. The molecule has 162 valence electrons. The van der Waals surface area contributed by atoms with Crippen LogP contribution in [0, 0.1) is 6.92 Å². The van der Waals surface area contributed by atoms with Crippen LogP contribution in [0.3, 0.4) is 0 Å². The monoisotopic (exact) mass is 447 g/mol. The third-order valence-corrected chi connectivity index (χ3v) is 9.57. The molecule has 6 nitrogen and oxygen atoms in total. The number of aryl methyl sites for hydroxylation is 2. The maximum Gasteiger partial charge on any atom is 0.252 e. The Hall–Kier alpha value is -1.74. The SMILES string of the molecule is Cc1ccc(S(=O)(=O)N2CCN(CC(=O)N(C)C3CCCc4ccccc43)CC2)s1. The summed E-state index contributed by atoms with van der Waals surface area (Å²) in [5.41, 5.74) is 2.61. The van der Waals surface area contributed by atoms with Gasteiger partial charge in [-0.1, -0.05) is 24.3 Å². The van der Waals surface area contributed by atoms with Gasteiger partial charge in [0.25, 0.3) is 10.0 Å². The highest BCUT2D eigenvalue weighted by Crippen LogP contribution is 2.33. The molecule has 0 radical (unpaired) electrons. The first kappa shape index (κ1) is 21.5. The van der Waals surface area contributed by atoms with Crippen molar-refractivity contribution in [1.29, 1.82) is 0 Å². The lowest BCUT2D eigenvalue weighted by molar-refractivity contribution is -0.133. The van der Waals surface area contributed by atoms with E-state index in [4.69, 9.17) is 0 Å². The highest BCUT2D eigenvalue weighted by molar-refractivity contribution is 7.91. The van der Waals surface area contributed by atoms with Crippen molar-refractivity contribution in [1.82, 2.24) is 14.1 Å². The Kier molecular flexibility index (Phi) is 6.29. The van der Waals surface area contributed by atoms with Gasteiger partial charge in [-0.2, -0.15) is 4.31 Å². The van der Waals surface area contributed by atoms with E-state index in [0.717, 1.165) is 24.1 Å². The summed E-state index contributed by atoms with van der Waals surface area (Å²) in [7, 11) is -1.53. The molecule has 0 saturated carbocycles. The van der Waals surface area contributed by atoms with Crippen molar-refractivity contribution in [3.63, 3.8) is 0 Å². The van der Waals surface area contributed by atoms with Gasteiger partial charge < -0.3 is 4.90 Å². The van der Waals surface area contributed by atoms with E-state index in [1.165, 1.54) is 22.5 Å². The molecule has 2 aliphatic rings. The number of piperazine rings is 1. The maximum atomic E-state index is 13.0. The van der Waals surface area contributed by atoms with Gasteiger partial charge >= 0.3 is 0 Å². The Bertz CT molecular complexity index is 1010. The minimum absolute atomic E-state index is 0.0990. The first-order chi connectivity index (χ1) is 14.4. The Morgan fingerprint density at radius 2 is 1.87 bits per heavy atom. The summed E-state index contributed by atoms with van der Waals surface area (Å²) in [4.78, 5) is 17.9. The third-order valence-electron chi connectivity index (χ3n) is 6.20. The van der Waals surface area contributed by atoms with Gasteiger partial charge in [0.05, 0.1) is 12.6 Å². The number of sulfonamides is 1. The number of carbonyl (C=O) groups is 1. The van der Waals surface area contributed by atoms with Gasteiger partial charge in [0.1, 0.15) is 4.21 Å².